The largest absolute Gasteiger partial charge is 0.494 e. The summed E-state index contributed by atoms with van der Waals surface area (Å²) in [5.74, 6) is -0.772. The third-order valence-electron chi connectivity index (χ3n) is 6.60. The van der Waals surface area contributed by atoms with Crippen LogP contribution in [0.15, 0.2) is 58.3 Å². The van der Waals surface area contributed by atoms with Crippen molar-refractivity contribution in [3.8, 4) is 11.4 Å². The van der Waals surface area contributed by atoms with E-state index < -0.39 is 29.2 Å². The lowest BCUT2D eigenvalue weighted by Crippen LogP contribution is -2.43. The predicted octanol–water partition coefficient (Wildman–Crippen LogP) is 4.18. The Hall–Kier alpha value is -3.65. The summed E-state index contributed by atoms with van der Waals surface area (Å²) < 4.78 is 8.20. The SMILES string of the molecule is COc1cccc2c1ncc1c(=O)n([C@H]3CC[C@@H](C(=O)O)CC3)c(=O)n(-c3cccc(Cl)c3)c12. The van der Waals surface area contributed by atoms with Crippen molar-refractivity contribution in [1.29, 1.82) is 0 Å². The molecule has 4 aromatic rings. The molecule has 1 fully saturated rings. The van der Waals surface area contributed by atoms with E-state index in [0.29, 0.717) is 63.9 Å². The molecular weight excluding hydrogens is 458 g/mol. The van der Waals surface area contributed by atoms with Gasteiger partial charge < -0.3 is 9.84 Å². The van der Waals surface area contributed by atoms with E-state index in [2.05, 4.69) is 4.98 Å². The fourth-order valence-corrected chi connectivity index (χ4v) is 5.11. The van der Waals surface area contributed by atoms with E-state index in [1.54, 1.807) is 42.5 Å². The van der Waals surface area contributed by atoms with Crippen LogP contribution in [-0.2, 0) is 4.79 Å². The van der Waals surface area contributed by atoms with Crippen molar-refractivity contribution in [2.24, 2.45) is 5.92 Å². The Morgan fingerprint density at radius 2 is 1.82 bits per heavy atom. The summed E-state index contributed by atoms with van der Waals surface area (Å²) in [6.45, 7) is 0. The highest BCUT2D eigenvalue weighted by atomic mass is 35.5. The lowest BCUT2D eigenvalue weighted by molar-refractivity contribution is -0.143. The Bertz CT molecular complexity index is 1550. The number of rotatable bonds is 4. The molecule has 1 N–H and O–H groups in total. The van der Waals surface area contributed by atoms with Gasteiger partial charge in [-0.15, -0.1) is 0 Å². The Balaban J connectivity index is 1.85. The van der Waals surface area contributed by atoms with Gasteiger partial charge in [0.2, 0.25) is 0 Å². The van der Waals surface area contributed by atoms with Gasteiger partial charge in [0.05, 0.1) is 29.6 Å². The average molecular weight is 480 g/mol. The van der Waals surface area contributed by atoms with Crippen molar-refractivity contribution in [2.75, 3.05) is 7.11 Å². The number of hydrogen-bond acceptors (Lipinski definition) is 5. The second-order valence-electron chi connectivity index (χ2n) is 8.49. The topological polar surface area (TPSA) is 103 Å². The summed E-state index contributed by atoms with van der Waals surface area (Å²) >= 11 is 6.26. The van der Waals surface area contributed by atoms with Gasteiger partial charge >= 0.3 is 11.7 Å². The number of carboxylic acid groups (broad SMARTS) is 1. The summed E-state index contributed by atoms with van der Waals surface area (Å²) in [5.41, 5.74) is 0.553. The first kappa shape index (κ1) is 22.2. The number of hydrogen-bond donors (Lipinski definition) is 1. The molecule has 8 nitrogen and oxygen atoms in total. The number of methoxy groups -OCH3 is 1. The van der Waals surface area contributed by atoms with Gasteiger partial charge in [-0.2, -0.15) is 0 Å². The number of carbonyl (C=O) groups is 1. The van der Waals surface area contributed by atoms with E-state index in [-0.39, 0.29) is 0 Å². The third kappa shape index (κ3) is 3.54. The molecule has 0 amide bonds. The highest BCUT2D eigenvalue weighted by Gasteiger charge is 2.30. The van der Waals surface area contributed by atoms with Crippen molar-refractivity contribution < 1.29 is 14.6 Å². The zero-order chi connectivity index (χ0) is 24.0. The zero-order valence-corrected chi connectivity index (χ0v) is 19.2. The van der Waals surface area contributed by atoms with Crippen LogP contribution in [-0.4, -0.2) is 32.3 Å². The molecule has 174 valence electrons. The number of nitrogens with zero attached hydrogens (tertiary/aromatic N) is 3. The lowest BCUT2D eigenvalue weighted by Gasteiger charge is -2.28. The molecular formula is C25H22ClN3O5. The lowest BCUT2D eigenvalue weighted by atomic mass is 9.86. The van der Waals surface area contributed by atoms with E-state index >= 15 is 0 Å². The van der Waals surface area contributed by atoms with Crippen LogP contribution in [0.3, 0.4) is 0 Å². The molecule has 34 heavy (non-hydrogen) atoms. The fourth-order valence-electron chi connectivity index (χ4n) is 4.92. The van der Waals surface area contributed by atoms with Gasteiger partial charge in [-0.3, -0.25) is 23.7 Å². The summed E-state index contributed by atoms with van der Waals surface area (Å²) in [7, 11) is 1.54. The first-order chi connectivity index (χ1) is 16.4. The van der Waals surface area contributed by atoms with Crippen LogP contribution >= 0.6 is 11.6 Å². The van der Waals surface area contributed by atoms with Crippen molar-refractivity contribution in [3.05, 3.63) is 74.5 Å². The molecule has 0 atom stereocenters. The minimum absolute atomic E-state index is 0.292. The maximum atomic E-state index is 13.9. The van der Waals surface area contributed by atoms with Crippen molar-refractivity contribution in [2.45, 2.75) is 31.7 Å². The van der Waals surface area contributed by atoms with Gasteiger partial charge in [0.15, 0.2) is 0 Å². The van der Waals surface area contributed by atoms with E-state index in [1.807, 2.05) is 0 Å². The van der Waals surface area contributed by atoms with Gasteiger partial charge in [0.25, 0.3) is 5.56 Å². The molecule has 1 saturated carbocycles. The highest BCUT2D eigenvalue weighted by molar-refractivity contribution is 6.30. The second-order valence-corrected chi connectivity index (χ2v) is 8.93. The molecule has 1 aliphatic rings. The summed E-state index contributed by atoms with van der Waals surface area (Å²) in [6.07, 6.45) is 3.16. The molecule has 9 heteroatoms. The third-order valence-corrected chi connectivity index (χ3v) is 6.83. The van der Waals surface area contributed by atoms with Crippen LogP contribution in [0.1, 0.15) is 31.7 Å². The molecule has 0 aliphatic heterocycles. The second kappa shape index (κ2) is 8.61. The molecule has 0 saturated heterocycles. The number of aromatic nitrogens is 3. The molecule has 2 heterocycles. The van der Waals surface area contributed by atoms with E-state index in [0.717, 1.165) is 0 Å². The molecule has 0 radical (unpaired) electrons. The Labute approximate surface area is 199 Å². The summed E-state index contributed by atoms with van der Waals surface area (Å²) in [5, 5.41) is 10.7. The number of aliphatic carboxylic acids is 1. The number of halogens is 1. The van der Waals surface area contributed by atoms with Gasteiger partial charge in [0, 0.05) is 22.6 Å². The van der Waals surface area contributed by atoms with E-state index in [4.69, 9.17) is 16.3 Å². The Kier molecular flexibility index (Phi) is 5.61. The molecule has 2 aromatic carbocycles. The van der Waals surface area contributed by atoms with Crippen molar-refractivity contribution in [1.82, 2.24) is 14.1 Å². The minimum atomic E-state index is -0.842. The normalized spacial score (nSPS) is 18.3. The van der Waals surface area contributed by atoms with Crippen molar-refractivity contribution in [3.63, 3.8) is 0 Å². The number of ether oxygens (including phenoxy) is 1. The summed E-state index contributed by atoms with van der Waals surface area (Å²) in [6, 6.07) is 11.8. The fraction of sp³-hybridized carbons (Fsp3) is 0.280. The van der Waals surface area contributed by atoms with E-state index in [9.17, 15) is 19.5 Å². The first-order valence-electron chi connectivity index (χ1n) is 11.0. The Morgan fingerprint density at radius 3 is 2.50 bits per heavy atom. The molecule has 0 unspecified atom stereocenters. The molecule has 1 aliphatic carbocycles. The van der Waals surface area contributed by atoms with Crippen LogP contribution in [0, 0.1) is 5.92 Å². The molecule has 0 bridgehead atoms. The number of para-hydroxylation sites is 1. The quantitative estimate of drug-likeness (QED) is 0.440. The zero-order valence-electron chi connectivity index (χ0n) is 18.4. The smallest absolute Gasteiger partial charge is 0.336 e. The minimum Gasteiger partial charge on any atom is -0.494 e. The maximum Gasteiger partial charge on any atom is 0.336 e. The van der Waals surface area contributed by atoms with E-state index in [1.165, 1.54) is 22.4 Å². The molecule has 2 aromatic heterocycles. The van der Waals surface area contributed by atoms with Crippen LogP contribution < -0.4 is 16.0 Å². The molecule has 0 spiro atoms. The van der Waals surface area contributed by atoms with Gasteiger partial charge in [-0.05, 0) is 49.9 Å². The van der Waals surface area contributed by atoms with Crippen LogP contribution in [0.25, 0.3) is 27.5 Å². The van der Waals surface area contributed by atoms with Crippen LogP contribution in [0.4, 0.5) is 0 Å². The number of fused-ring (bicyclic) bond motifs is 3. The molecule has 5 rings (SSSR count). The van der Waals surface area contributed by atoms with Crippen LogP contribution in [0.2, 0.25) is 5.02 Å². The summed E-state index contributed by atoms with van der Waals surface area (Å²) in [4.78, 5) is 43.5. The highest BCUT2D eigenvalue weighted by Crippen LogP contribution is 2.33. The Morgan fingerprint density at radius 1 is 1.09 bits per heavy atom. The number of benzene rings is 2. The van der Waals surface area contributed by atoms with Gasteiger partial charge in [-0.25, -0.2) is 4.79 Å². The van der Waals surface area contributed by atoms with Gasteiger partial charge in [0.1, 0.15) is 11.3 Å². The first-order valence-corrected chi connectivity index (χ1v) is 11.4. The monoisotopic (exact) mass is 479 g/mol. The van der Waals surface area contributed by atoms with Gasteiger partial charge in [-0.1, -0.05) is 29.8 Å². The predicted molar refractivity (Wildman–Crippen MR) is 129 cm³/mol. The maximum absolute atomic E-state index is 13.9. The number of pyridine rings is 1. The van der Waals surface area contributed by atoms with Crippen molar-refractivity contribution >= 4 is 39.4 Å². The standard InChI is InChI=1S/C25H22ClN3O5/c1-34-20-7-3-6-18-21(20)27-13-19-22(18)28(17-5-2-4-15(26)12-17)25(33)29(23(19)30)16-10-8-14(9-11-16)24(31)32/h2-7,12-14,16H,8-11H2,1H3,(H,31,32)/t14-,16+. The van der Waals surface area contributed by atoms with Crippen LogP contribution in [0.5, 0.6) is 5.75 Å². The number of carboxylic acids is 1. The average Bonchev–Trinajstić information content (AvgIpc) is 2.84.